The molecule has 0 saturated heterocycles. The topological polar surface area (TPSA) is 33.6 Å². The van der Waals surface area contributed by atoms with E-state index < -0.39 is 0 Å². The lowest BCUT2D eigenvalue weighted by molar-refractivity contribution is 0.306. The van der Waals surface area contributed by atoms with Gasteiger partial charge in [-0.25, -0.2) is 0 Å². The summed E-state index contributed by atoms with van der Waals surface area (Å²) in [6, 6.07) is 22.7. The fourth-order valence-corrected chi connectivity index (χ4v) is 2.48. The molecule has 0 bridgehead atoms. The highest BCUT2D eigenvalue weighted by Crippen LogP contribution is 2.19. The Kier molecular flexibility index (Phi) is 5.94. The van der Waals surface area contributed by atoms with E-state index in [1.807, 2.05) is 72.8 Å². The smallest absolute Gasteiger partial charge is 0.120 e. The van der Waals surface area contributed by atoms with Crippen molar-refractivity contribution in [3.05, 3.63) is 94.0 Å². The lowest BCUT2D eigenvalue weighted by atomic mass is 10.2. The number of anilines is 1. The van der Waals surface area contributed by atoms with E-state index in [9.17, 15) is 0 Å². The highest BCUT2D eigenvalue weighted by Gasteiger charge is 2.01. The van der Waals surface area contributed by atoms with Crippen LogP contribution >= 0.6 is 23.2 Å². The molecular formula is C20H16Cl2N2O. The van der Waals surface area contributed by atoms with Crippen LogP contribution in [0.3, 0.4) is 0 Å². The molecule has 0 atom stereocenters. The summed E-state index contributed by atoms with van der Waals surface area (Å²) in [5, 5.41) is 5.61. The standard InChI is InChI=1S/C20H16Cl2N2O/c21-17-8-10-18(11-9-17)24-23-13-15-4-3-6-19(12-15)25-14-16-5-1-2-7-20(16)22/h1-13,24H,14H2. The maximum Gasteiger partial charge on any atom is 0.120 e. The highest BCUT2D eigenvalue weighted by atomic mass is 35.5. The molecule has 3 aromatic rings. The number of hydrogen-bond donors (Lipinski definition) is 1. The van der Waals surface area contributed by atoms with Crippen molar-refractivity contribution < 1.29 is 4.74 Å². The number of nitrogens with zero attached hydrogens (tertiary/aromatic N) is 1. The maximum absolute atomic E-state index is 6.14. The predicted octanol–water partition coefficient (Wildman–Crippen LogP) is 6.02. The second-order valence-electron chi connectivity index (χ2n) is 5.33. The Morgan fingerprint density at radius 1 is 0.920 bits per heavy atom. The molecule has 0 aliphatic carbocycles. The van der Waals surface area contributed by atoms with Gasteiger partial charge in [0, 0.05) is 15.6 Å². The van der Waals surface area contributed by atoms with Crippen LogP contribution in [0, 0.1) is 0 Å². The molecule has 0 amide bonds. The Labute approximate surface area is 156 Å². The summed E-state index contributed by atoms with van der Waals surface area (Å²) in [7, 11) is 0. The quantitative estimate of drug-likeness (QED) is 0.425. The van der Waals surface area contributed by atoms with E-state index in [2.05, 4.69) is 10.5 Å². The SMILES string of the molecule is Clc1ccc(NN=Cc2cccc(OCc3ccccc3Cl)c2)cc1. The molecule has 0 unspecified atom stereocenters. The first-order valence-corrected chi connectivity index (χ1v) is 8.47. The van der Waals surface area contributed by atoms with Crippen LogP contribution in [0.5, 0.6) is 5.75 Å². The van der Waals surface area contributed by atoms with Crippen LogP contribution in [-0.2, 0) is 6.61 Å². The van der Waals surface area contributed by atoms with Crippen LogP contribution in [0.2, 0.25) is 10.0 Å². The van der Waals surface area contributed by atoms with Gasteiger partial charge in [-0.15, -0.1) is 0 Å². The average molecular weight is 371 g/mol. The zero-order valence-corrected chi connectivity index (χ0v) is 14.8. The van der Waals surface area contributed by atoms with Gasteiger partial charge in [-0.1, -0.05) is 53.5 Å². The average Bonchev–Trinajstić information content (AvgIpc) is 2.63. The van der Waals surface area contributed by atoms with Crippen LogP contribution in [-0.4, -0.2) is 6.21 Å². The largest absolute Gasteiger partial charge is 0.489 e. The minimum atomic E-state index is 0.420. The van der Waals surface area contributed by atoms with E-state index in [1.165, 1.54) is 0 Å². The summed E-state index contributed by atoms with van der Waals surface area (Å²) >= 11 is 12.0. The Hall–Kier alpha value is -2.49. The van der Waals surface area contributed by atoms with E-state index in [0.717, 1.165) is 22.6 Å². The van der Waals surface area contributed by atoms with Crippen molar-refractivity contribution in [1.82, 2.24) is 0 Å². The van der Waals surface area contributed by atoms with E-state index in [4.69, 9.17) is 27.9 Å². The molecule has 0 fully saturated rings. The molecule has 126 valence electrons. The number of benzene rings is 3. The van der Waals surface area contributed by atoms with Gasteiger partial charge in [0.1, 0.15) is 12.4 Å². The number of hydrogen-bond acceptors (Lipinski definition) is 3. The van der Waals surface area contributed by atoms with Crippen molar-refractivity contribution in [3.63, 3.8) is 0 Å². The Morgan fingerprint density at radius 2 is 1.72 bits per heavy atom. The minimum Gasteiger partial charge on any atom is -0.489 e. The van der Waals surface area contributed by atoms with Crippen molar-refractivity contribution >= 4 is 35.1 Å². The lowest BCUT2D eigenvalue weighted by Crippen LogP contribution is -1.97. The van der Waals surface area contributed by atoms with Crippen molar-refractivity contribution in [2.75, 3.05) is 5.43 Å². The fourth-order valence-electron chi connectivity index (χ4n) is 2.17. The predicted molar refractivity (Wildman–Crippen MR) is 105 cm³/mol. The zero-order valence-electron chi connectivity index (χ0n) is 13.3. The molecule has 0 saturated carbocycles. The van der Waals surface area contributed by atoms with Gasteiger partial charge in [0.15, 0.2) is 0 Å². The van der Waals surface area contributed by atoms with E-state index in [0.29, 0.717) is 16.7 Å². The molecule has 0 radical (unpaired) electrons. The number of halogens is 2. The first-order valence-electron chi connectivity index (χ1n) is 7.71. The van der Waals surface area contributed by atoms with Crippen LogP contribution in [0.1, 0.15) is 11.1 Å². The summed E-state index contributed by atoms with van der Waals surface area (Å²) in [6.07, 6.45) is 1.73. The molecule has 25 heavy (non-hydrogen) atoms. The van der Waals surface area contributed by atoms with Crippen molar-refractivity contribution in [2.45, 2.75) is 6.61 Å². The van der Waals surface area contributed by atoms with Crippen LogP contribution in [0.15, 0.2) is 77.9 Å². The first kappa shape index (κ1) is 17.3. The Balaban J connectivity index is 1.60. The van der Waals surface area contributed by atoms with Crippen LogP contribution < -0.4 is 10.2 Å². The summed E-state index contributed by atoms with van der Waals surface area (Å²) < 4.78 is 5.81. The Bertz CT molecular complexity index is 864. The third kappa shape index (κ3) is 5.24. The van der Waals surface area contributed by atoms with Gasteiger partial charge in [0.25, 0.3) is 0 Å². The van der Waals surface area contributed by atoms with Crippen LogP contribution in [0.4, 0.5) is 5.69 Å². The third-order valence-corrected chi connectivity index (χ3v) is 4.08. The van der Waals surface area contributed by atoms with Crippen molar-refractivity contribution in [3.8, 4) is 5.75 Å². The number of rotatable bonds is 6. The van der Waals surface area contributed by atoms with E-state index >= 15 is 0 Å². The van der Waals surface area contributed by atoms with Gasteiger partial charge in [-0.3, -0.25) is 5.43 Å². The zero-order chi connectivity index (χ0) is 17.5. The third-order valence-electron chi connectivity index (χ3n) is 3.46. The molecule has 0 spiro atoms. The summed E-state index contributed by atoms with van der Waals surface area (Å²) in [6.45, 7) is 0.420. The monoisotopic (exact) mass is 370 g/mol. The summed E-state index contributed by atoms with van der Waals surface area (Å²) in [5.74, 6) is 0.760. The second kappa shape index (κ2) is 8.56. The molecule has 3 nitrogen and oxygen atoms in total. The fraction of sp³-hybridized carbons (Fsp3) is 0.0500. The number of ether oxygens (including phenoxy) is 1. The normalized spacial score (nSPS) is 10.8. The molecule has 3 aromatic carbocycles. The first-order chi connectivity index (χ1) is 12.2. The Morgan fingerprint density at radius 3 is 2.52 bits per heavy atom. The van der Waals surface area contributed by atoms with Crippen molar-refractivity contribution in [1.29, 1.82) is 0 Å². The van der Waals surface area contributed by atoms with E-state index in [1.54, 1.807) is 6.21 Å². The van der Waals surface area contributed by atoms with Crippen molar-refractivity contribution in [2.24, 2.45) is 5.10 Å². The molecule has 5 heteroatoms. The lowest BCUT2D eigenvalue weighted by Gasteiger charge is -2.08. The summed E-state index contributed by atoms with van der Waals surface area (Å²) in [5.41, 5.74) is 5.71. The molecular weight excluding hydrogens is 355 g/mol. The maximum atomic E-state index is 6.14. The molecule has 1 N–H and O–H groups in total. The van der Waals surface area contributed by atoms with E-state index in [-0.39, 0.29) is 0 Å². The molecule has 0 heterocycles. The van der Waals surface area contributed by atoms with Gasteiger partial charge in [0.2, 0.25) is 0 Å². The molecule has 0 aromatic heterocycles. The molecule has 0 aliphatic heterocycles. The summed E-state index contributed by atoms with van der Waals surface area (Å²) in [4.78, 5) is 0. The van der Waals surface area contributed by atoms with Gasteiger partial charge < -0.3 is 4.74 Å². The van der Waals surface area contributed by atoms with Crippen LogP contribution in [0.25, 0.3) is 0 Å². The minimum absolute atomic E-state index is 0.420. The molecule has 0 aliphatic rings. The second-order valence-corrected chi connectivity index (χ2v) is 6.17. The van der Waals surface area contributed by atoms with Gasteiger partial charge in [0.05, 0.1) is 11.9 Å². The number of nitrogens with one attached hydrogen (secondary N) is 1. The van der Waals surface area contributed by atoms with Gasteiger partial charge >= 0.3 is 0 Å². The van der Waals surface area contributed by atoms with Gasteiger partial charge in [-0.2, -0.15) is 5.10 Å². The van der Waals surface area contributed by atoms with Gasteiger partial charge in [-0.05, 0) is 48.0 Å². The number of hydrazone groups is 1. The highest BCUT2D eigenvalue weighted by molar-refractivity contribution is 6.31. The molecule has 3 rings (SSSR count).